The van der Waals surface area contributed by atoms with Crippen LogP contribution in [0.2, 0.25) is 5.02 Å². The molecule has 1 saturated carbocycles. The Bertz CT molecular complexity index is 442. The Labute approximate surface area is 119 Å². The van der Waals surface area contributed by atoms with Gasteiger partial charge in [-0.1, -0.05) is 30.7 Å². The van der Waals surface area contributed by atoms with Gasteiger partial charge >= 0.3 is 0 Å². The molecular weight excluding hydrogens is 260 g/mol. The Kier molecular flexibility index (Phi) is 4.48. The molecule has 0 radical (unpaired) electrons. The molecule has 0 aromatic heterocycles. The van der Waals surface area contributed by atoms with E-state index in [0.717, 1.165) is 18.4 Å². The first kappa shape index (κ1) is 14.4. The van der Waals surface area contributed by atoms with Crippen molar-refractivity contribution in [2.24, 2.45) is 5.73 Å². The van der Waals surface area contributed by atoms with Crippen LogP contribution >= 0.6 is 11.6 Å². The first-order chi connectivity index (χ1) is 9.04. The zero-order valence-electron chi connectivity index (χ0n) is 11.5. The second kappa shape index (κ2) is 5.93. The average Bonchev–Trinajstić information content (AvgIpc) is 3.23. The second-order valence-corrected chi connectivity index (χ2v) is 5.66. The standard InChI is InChI=1S/C15H21ClN2O/c1-3-14(17)15(19)18(13-8-9-13)10(2)11-4-6-12(16)7-5-11/h4-7,10,13-14H,3,8-9,17H2,1-2H3/t10?,14-/m0/s1. The largest absolute Gasteiger partial charge is 0.332 e. The number of halogens is 1. The highest BCUT2D eigenvalue weighted by atomic mass is 35.5. The Hall–Kier alpha value is -1.06. The average molecular weight is 281 g/mol. The molecule has 2 N–H and O–H groups in total. The van der Waals surface area contributed by atoms with Crippen LogP contribution in [-0.4, -0.2) is 22.9 Å². The summed E-state index contributed by atoms with van der Waals surface area (Å²) in [6, 6.07) is 7.70. The van der Waals surface area contributed by atoms with E-state index in [2.05, 4.69) is 6.92 Å². The van der Waals surface area contributed by atoms with Crippen molar-refractivity contribution in [1.82, 2.24) is 4.90 Å². The summed E-state index contributed by atoms with van der Waals surface area (Å²) in [7, 11) is 0. The minimum absolute atomic E-state index is 0.0508. The fourth-order valence-electron chi connectivity index (χ4n) is 2.31. The summed E-state index contributed by atoms with van der Waals surface area (Å²) in [6.45, 7) is 4.00. The number of benzene rings is 1. The third-order valence-electron chi connectivity index (χ3n) is 3.72. The van der Waals surface area contributed by atoms with Crippen LogP contribution in [-0.2, 0) is 4.79 Å². The summed E-state index contributed by atoms with van der Waals surface area (Å²) >= 11 is 5.91. The van der Waals surface area contributed by atoms with E-state index in [0.29, 0.717) is 17.5 Å². The van der Waals surface area contributed by atoms with E-state index >= 15 is 0 Å². The minimum atomic E-state index is -0.393. The molecule has 2 rings (SSSR count). The van der Waals surface area contributed by atoms with Gasteiger partial charge < -0.3 is 10.6 Å². The number of hydrogen-bond donors (Lipinski definition) is 1. The van der Waals surface area contributed by atoms with E-state index in [1.807, 2.05) is 36.1 Å². The van der Waals surface area contributed by atoms with Gasteiger partial charge in [0, 0.05) is 11.1 Å². The number of nitrogens with zero attached hydrogens (tertiary/aromatic N) is 1. The molecule has 4 heteroatoms. The lowest BCUT2D eigenvalue weighted by Gasteiger charge is -2.31. The first-order valence-corrected chi connectivity index (χ1v) is 7.25. The molecule has 1 aromatic rings. The molecule has 0 bridgehead atoms. The van der Waals surface area contributed by atoms with Crippen LogP contribution in [0.5, 0.6) is 0 Å². The molecule has 104 valence electrons. The van der Waals surface area contributed by atoms with Crippen molar-refractivity contribution >= 4 is 17.5 Å². The summed E-state index contributed by atoms with van der Waals surface area (Å²) in [5.74, 6) is 0.0625. The van der Waals surface area contributed by atoms with Gasteiger partial charge in [0.25, 0.3) is 0 Å². The molecule has 3 nitrogen and oxygen atoms in total. The molecule has 0 aliphatic heterocycles. The van der Waals surface area contributed by atoms with Gasteiger partial charge in [0.1, 0.15) is 0 Å². The van der Waals surface area contributed by atoms with Gasteiger partial charge in [-0.2, -0.15) is 0 Å². The number of nitrogens with two attached hydrogens (primary N) is 1. The molecule has 1 aliphatic carbocycles. The van der Waals surface area contributed by atoms with Gasteiger partial charge in [-0.15, -0.1) is 0 Å². The lowest BCUT2D eigenvalue weighted by atomic mass is 10.1. The summed E-state index contributed by atoms with van der Waals surface area (Å²) in [5.41, 5.74) is 7.02. The third-order valence-corrected chi connectivity index (χ3v) is 3.97. The second-order valence-electron chi connectivity index (χ2n) is 5.22. The van der Waals surface area contributed by atoms with Crippen molar-refractivity contribution in [2.75, 3.05) is 0 Å². The molecule has 0 heterocycles. The number of hydrogen-bond acceptors (Lipinski definition) is 2. The van der Waals surface area contributed by atoms with Crippen molar-refractivity contribution in [1.29, 1.82) is 0 Å². The zero-order chi connectivity index (χ0) is 14.0. The van der Waals surface area contributed by atoms with E-state index in [1.165, 1.54) is 0 Å². The number of carbonyl (C=O) groups is 1. The summed E-state index contributed by atoms with van der Waals surface area (Å²) in [6.07, 6.45) is 2.84. The van der Waals surface area contributed by atoms with Gasteiger partial charge in [0.2, 0.25) is 5.91 Å². The van der Waals surface area contributed by atoms with E-state index in [9.17, 15) is 4.79 Å². The van der Waals surface area contributed by atoms with E-state index < -0.39 is 6.04 Å². The van der Waals surface area contributed by atoms with Gasteiger partial charge in [-0.05, 0) is 43.9 Å². The number of amides is 1. The minimum Gasteiger partial charge on any atom is -0.332 e. The SMILES string of the molecule is CC[C@H](N)C(=O)N(C1CC1)C(C)c1ccc(Cl)cc1. The maximum absolute atomic E-state index is 12.4. The van der Waals surface area contributed by atoms with E-state index in [4.69, 9.17) is 17.3 Å². The maximum atomic E-state index is 12.4. The smallest absolute Gasteiger partial charge is 0.240 e. The Morgan fingerprint density at radius 2 is 2.00 bits per heavy atom. The first-order valence-electron chi connectivity index (χ1n) is 6.87. The normalized spacial score (nSPS) is 17.9. The fourth-order valence-corrected chi connectivity index (χ4v) is 2.43. The quantitative estimate of drug-likeness (QED) is 0.901. The van der Waals surface area contributed by atoms with Gasteiger partial charge in [0.05, 0.1) is 12.1 Å². The van der Waals surface area contributed by atoms with E-state index in [-0.39, 0.29) is 11.9 Å². The predicted octanol–water partition coefficient (Wildman–Crippen LogP) is 3.13. The topological polar surface area (TPSA) is 46.3 Å². The number of rotatable bonds is 5. The lowest BCUT2D eigenvalue weighted by molar-refractivity contribution is -0.135. The Balaban J connectivity index is 2.19. The third kappa shape index (κ3) is 3.28. The zero-order valence-corrected chi connectivity index (χ0v) is 12.2. The highest BCUT2D eigenvalue weighted by molar-refractivity contribution is 6.30. The predicted molar refractivity (Wildman–Crippen MR) is 78.0 cm³/mol. The molecule has 0 spiro atoms. The van der Waals surface area contributed by atoms with Crippen LogP contribution in [0.25, 0.3) is 0 Å². The molecule has 1 amide bonds. The molecule has 1 aromatic carbocycles. The van der Waals surface area contributed by atoms with Gasteiger partial charge in [0.15, 0.2) is 0 Å². The summed E-state index contributed by atoms with van der Waals surface area (Å²) in [4.78, 5) is 14.4. The van der Waals surface area contributed by atoms with Crippen molar-refractivity contribution in [3.63, 3.8) is 0 Å². The van der Waals surface area contributed by atoms with Crippen molar-refractivity contribution in [2.45, 2.75) is 51.2 Å². The maximum Gasteiger partial charge on any atom is 0.240 e. The molecule has 1 fully saturated rings. The molecule has 0 saturated heterocycles. The van der Waals surface area contributed by atoms with E-state index in [1.54, 1.807) is 0 Å². The highest BCUT2D eigenvalue weighted by Gasteiger charge is 2.37. The van der Waals surface area contributed by atoms with Crippen molar-refractivity contribution in [3.05, 3.63) is 34.9 Å². The van der Waals surface area contributed by atoms with Crippen LogP contribution in [0.15, 0.2) is 24.3 Å². The Morgan fingerprint density at radius 3 is 2.47 bits per heavy atom. The number of carbonyl (C=O) groups excluding carboxylic acids is 1. The summed E-state index contributed by atoms with van der Waals surface area (Å²) in [5, 5.41) is 0.713. The van der Waals surface area contributed by atoms with Crippen molar-refractivity contribution in [3.8, 4) is 0 Å². The highest BCUT2D eigenvalue weighted by Crippen LogP contribution is 2.35. The van der Waals surface area contributed by atoms with Crippen LogP contribution in [0.1, 0.15) is 44.7 Å². The Morgan fingerprint density at radius 1 is 1.42 bits per heavy atom. The van der Waals surface area contributed by atoms with Crippen molar-refractivity contribution < 1.29 is 4.79 Å². The molecule has 2 atom stereocenters. The molecular formula is C15H21ClN2O. The van der Waals surface area contributed by atoms with Gasteiger partial charge in [-0.25, -0.2) is 0 Å². The summed E-state index contributed by atoms with van der Waals surface area (Å²) < 4.78 is 0. The molecule has 19 heavy (non-hydrogen) atoms. The molecule has 1 aliphatic rings. The molecule has 1 unspecified atom stereocenters. The van der Waals surface area contributed by atoms with Crippen LogP contribution < -0.4 is 5.73 Å². The fraction of sp³-hybridized carbons (Fsp3) is 0.533. The van der Waals surface area contributed by atoms with Crippen LogP contribution in [0, 0.1) is 0 Å². The van der Waals surface area contributed by atoms with Crippen LogP contribution in [0.3, 0.4) is 0 Å². The lowest BCUT2D eigenvalue weighted by Crippen LogP contribution is -2.45. The van der Waals surface area contributed by atoms with Crippen LogP contribution in [0.4, 0.5) is 0 Å². The monoisotopic (exact) mass is 280 g/mol. The van der Waals surface area contributed by atoms with Gasteiger partial charge in [-0.3, -0.25) is 4.79 Å².